The summed E-state index contributed by atoms with van der Waals surface area (Å²) in [6.07, 6.45) is 1.99. The zero-order chi connectivity index (χ0) is 22.8. The number of carbonyl (C=O) groups is 2. The highest BCUT2D eigenvalue weighted by Crippen LogP contribution is 2.32. The van der Waals surface area contributed by atoms with E-state index in [0.29, 0.717) is 10.7 Å². The van der Waals surface area contributed by atoms with E-state index in [-0.39, 0.29) is 24.2 Å². The lowest BCUT2D eigenvalue weighted by molar-refractivity contribution is -0.118. The van der Waals surface area contributed by atoms with Gasteiger partial charge in [0.05, 0.1) is 16.1 Å². The zero-order valence-corrected chi connectivity index (χ0v) is 20.1. The first-order valence-corrected chi connectivity index (χ1v) is 11.7. The van der Waals surface area contributed by atoms with Crippen molar-refractivity contribution in [3.8, 4) is 11.1 Å². The third kappa shape index (κ3) is 5.34. The molecule has 0 aliphatic heterocycles. The molecule has 3 aromatic rings. The van der Waals surface area contributed by atoms with Crippen molar-refractivity contribution in [3.05, 3.63) is 47.1 Å². The Morgan fingerprint density at radius 1 is 1.16 bits per heavy atom. The fraction of sp³-hybridized carbons (Fsp3) is 0.318. The van der Waals surface area contributed by atoms with E-state index in [4.69, 9.17) is 23.2 Å². The Kier molecular flexibility index (Phi) is 7.19. The Balaban J connectivity index is 1.87. The van der Waals surface area contributed by atoms with Crippen molar-refractivity contribution in [1.82, 2.24) is 20.4 Å². The largest absolute Gasteiger partial charge is 0.353 e. The van der Waals surface area contributed by atoms with Gasteiger partial charge in [0.1, 0.15) is 5.88 Å². The Morgan fingerprint density at radius 3 is 2.48 bits per heavy atom. The lowest BCUT2D eigenvalue weighted by Gasteiger charge is -2.26. The van der Waals surface area contributed by atoms with Crippen molar-refractivity contribution in [2.45, 2.75) is 24.3 Å². The summed E-state index contributed by atoms with van der Waals surface area (Å²) in [6.45, 7) is 3.90. The SMILES string of the molecule is CSc1ccc(-c2ccc3c(C(=O)NC(C)(C)CNC(=O)CCl)nn(C)c3c2)cc1Cl. The van der Waals surface area contributed by atoms with Crippen LogP contribution in [0, 0.1) is 0 Å². The molecule has 1 aromatic heterocycles. The number of rotatable bonds is 7. The van der Waals surface area contributed by atoms with Gasteiger partial charge in [0.15, 0.2) is 5.69 Å². The number of carbonyl (C=O) groups excluding carboxylic acids is 2. The monoisotopic (exact) mass is 478 g/mol. The van der Waals surface area contributed by atoms with E-state index in [2.05, 4.69) is 15.7 Å². The summed E-state index contributed by atoms with van der Waals surface area (Å²) in [4.78, 5) is 25.4. The van der Waals surface area contributed by atoms with Crippen LogP contribution in [-0.4, -0.2) is 45.8 Å². The Labute approximate surface area is 195 Å². The predicted molar refractivity (Wildman–Crippen MR) is 128 cm³/mol. The van der Waals surface area contributed by atoms with Gasteiger partial charge in [-0.25, -0.2) is 0 Å². The molecule has 0 unspecified atom stereocenters. The normalized spacial score (nSPS) is 11.5. The number of aryl methyl sites for hydroxylation is 1. The molecule has 0 aliphatic rings. The van der Waals surface area contributed by atoms with Crippen LogP contribution in [0.3, 0.4) is 0 Å². The maximum atomic E-state index is 12.9. The average Bonchev–Trinajstić information content (AvgIpc) is 3.08. The zero-order valence-electron chi connectivity index (χ0n) is 17.8. The van der Waals surface area contributed by atoms with Crippen LogP contribution >= 0.6 is 35.0 Å². The third-order valence-electron chi connectivity index (χ3n) is 4.85. The highest BCUT2D eigenvalue weighted by molar-refractivity contribution is 7.98. The van der Waals surface area contributed by atoms with Crippen LogP contribution in [0.25, 0.3) is 22.0 Å². The van der Waals surface area contributed by atoms with Gasteiger partial charge in [-0.2, -0.15) is 5.10 Å². The molecular weight excluding hydrogens is 455 g/mol. The summed E-state index contributed by atoms with van der Waals surface area (Å²) >= 11 is 13.5. The molecule has 1 heterocycles. The minimum atomic E-state index is -0.668. The first-order valence-electron chi connectivity index (χ1n) is 9.61. The highest BCUT2D eigenvalue weighted by atomic mass is 35.5. The van der Waals surface area contributed by atoms with E-state index in [9.17, 15) is 9.59 Å². The van der Waals surface area contributed by atoms with Gasteiger partial charge in [0.2, 0.25) is 5.91 Å². The first kappa shape index (κ1) is 23.4. The molecule has 0 saturated carbocycles. The van der Waals surface area contributed by atoms with E-state index >= 15 is 0 Å². The van der Waals surface area contributed by atoms with Gasteiger partial charge in [0, 0.05) is 23.9 Å². The van der Waals surface area contributed by atoms with Gasteiger partial charge in [-0.1, -0.05) is 23.7 Å². The van der Waals surface area contributed by atoms with Gasteiger partial charge in [-0.05, 0) is 55.5 Å². The molecule has 3 rings (SSSR count). The number of nitrogens with one attached hydrogen (secondary N) is 2. The van der Waals surface area contributed by atoms with Crippen molar-refractivity contribution >= 4 is 57.7 Å². The number of benzene rings is 2. The quantitative estimate of drug-likeness (QED) is 0.387. The summed E-state index contributed by atoms with van der Waals surface area (Å²) < 4.78 is 1.69. The number of thioether (sulfide) groups is 1. The number of alkyl halides is 1. The second-order valence-electron chi connectivity index (χ2n) is 7.80. The van der Waals surface area contributed by atoms with Crippen LogP contribution in [-0.2, 0) is 11.8 Å². The standard InChI is InChI=1S/C22H24Cl2N4O2S/c1-22(2,12-25-19(29)11-23)26-21(30)20-15-7-5-14(10-17(15)28(3)27-20)13-6-8-18(31-4)16(24)9-13/h5-10H,11-12H2,1-4H3,(H,25,29)(H,26,30). The minimum Gasteiger partial charge on any atom is -0.353 e. The molecule has 9 heteroatoms. The molecule has 6 nitrogen and oxygen atoms in total. The number of nitrogens with zero attached hydrogens (tertiary/aromatic N) is 2. The second-order valence-corrected chi connectivity index (χ2v) is 9.32. The van der Waals surface area contributed by atoms with E-state index in [1.165, 1.54) is 0 Å². The van der Waals surface area contributed by atoms with E-state index in [1.807, 2.05) is 56.5 Å². The lowest BCUT2D eigenvalue weighted by Crippen LogP contribution is -2.51. The van der Waals surface area contributed by atoms with Gasteiger partial charge < -0.3 is 10.6 Å². The van der Waals surface area contributed by atoms with E-state index in [1.54, 1.807) is 23.5 Å². The molecule has 0 spiro atoms. The number of amides is 2. The summed E-state index contributed by atoms with van der Waals surface area (Å²) in [5.74, 6) is -0.719. The minimum absolute atomic E-state index is 0.123. The Hall–Kier alpha value is -2.22. The molecule has 0 radical (unpaired) electrons. The fourth-order valence-electron chi connectivity index (χ4n) is 3.23. The van der Waals surface area contributed by atoms with E-state index < -0.39 is 5.54 Å². The number of halogens is 2. The molecule has 0 bridgehead atoms. The van der Waals surface area contributed by atoms with Crippen molar-refractivity contribution < 1.29 is 9.59 Å². The Bertz CT molecular complexity index is 1140. The summed E-state index contributed by atoms with van der Waals surface area (Å²) in [6, 6.07) is 11.8. The molecule has 0 saturated heterocycles. The molecule has 31 heavy (non-hydrogen) atoms. The van der Waals surface area contributed by atoms with Crippen molar-refractivity contribution in [1.29, 1.82) is 0 Å². The fourth-order valence-corrected chi connectivity index (χ4v) is 4.19. The molecule has 0 fully saturated rings. The molecule has 2 N–H and O–H groups in total. The maximum absolute atomic E-state index is 12.9. The van der Waals surface area contributed by atoms with Crippen molar-refractivity contribution in [3.63, 3.8) is 0 Å². The predicted octanol–water partition coefficient (Wildman–Crippen LogP) is 4.48. The van der Waals surface area contributed by atoms with Crippen LogP contribution < -0.4 is 10.6 Å². The number of hydrogen-bond donors (Lipinski definition) is 2. The number of aromatic nitrogens is 2. The average molecular weight is 479 g/mol. The topological polar surface area (TPSA) is 76.0 Å². The van der Waals surface area contributed by atoms with Gasteiger partial charge in [-0.3, -0.25) is 14.3 Å². The highest BCUT2D eigenvalue weighted by Gasteiger charge is 2.25. The van der Waals surface area contributed by atoms with Crippen LogP contribution in [0.15, 0.2) is 41.3 Å². The number of fused-ring (bicyclic) bond motifs is 1. The smallest absolute Gasteiger partial charge is 0.272 e. The summed E-state index contributed by atoms with van der Waals surface area (Å²) in [5.41, 5.74) is 2.48. The van der Waals surface area contributed by atoms with Crippen molar-refractivity contribution in [2.75, 3.05) is 18.7 Å². The van der Waals surface area contributed by atoms with Crippen LogP contribution in [0.5, 0.6) is 0 Å². The Morgan fingerprint density at radius 2 is 1.84 bits per heavy atom. The van der Waals surface area contributed by atoms with Gasteiger partial charge in [-0.15, -0.1) is 23.4 Å². The first-order chi connectivity index (χ1) is 14.6. The van der Waals surface area contributed by atoms with Crippen LogP contribution in [0.2, 0.25) is 5.02 Å². The number of hydrogen-bond acceptors (Lipinski definition) is 4. The van der Waals surface area contributed by atoms with E-state index in [0.717, 1.165) is 26.9 Å². The summed E-state index contributed by atoms with van der Waals surface area (Å²) in [7, 11) is 1.80. The van der Waals surface area contributed by atoms with Crippen molar-refractivity contribution in [2.24, 2.45) is 7.05 Å². The third-order valence-corrected chi connectivity index (χ3v) is 6.32. The lowest BCUT2D eigenvalue weighted by atomic mass is 10.0. The molecule has 2 aromatic carbocycles. The van der Waals surface area contributed by atoms with Crippen LogP contribution in [0.4, 0.5) is 0 Å². The molecule has 2 amide bonds. The molecule has 0 aliphatic carbocycles. The second kappa shape index (κ2) is 9.51. The molecule has 164 valence electrons. The van der Waals surface area contributed by atoms with Gasteiger partial charge in [0.25, 0.3) is 5.91 Å². The van der Waals surface area contributed by atoms with Crippen LogP contribution in [0.1, 0.15) is 24.3 Å². The summed E-state index contributed by atoms with van der Waals surface area (Å²) in [5, 5.41) is 11.5. The molecule has 0 atom stereocenters. The molecular formula is C22H24Cl2N4O2S. The maximum Gasteiger partial charge on any atom is 0.272 e. The van der Waals surface area contributed by atoms with Gasteiger partial charge >= 0.3 is 0 Å².